The molecule has 1 aliphatic carbocycles. The van der Waals surface area contributed by atoms with E-state index < -0.39 is 18.4 Å². The van der Waals surface area contributed by atoms with Gasteiger partial charge in [0.05, 0.1) is 19.3 Å². The molecule has 1 aromatic carbocycles. The Kier molecular flexibility index (Phi) is 6.05. The van der Waals surface area contributed by atoms with E-state index in [-0.39, 0.29) is 28.7 Å². The lowest BCUT2D eigenvalue weighted by Crippen LogP contribution is -2.54. The highest BCUT2D eigenvalue weighted by Gasteiger charge is 2.51. The number of aliphatic hydroxyl groups is 1. The molecule has 190 valence electrons. The van der Waals surface area contributed by atoms with Crippen LogP contribution in [-0.4, -0.2) is 64.4 Å². The van der Waals surface area contributed by atoms with Crippen molar-refractivity contribution in [2.45, 2.75) is 76.3 Å². The molecule has 1 aromatic heterocycles. The maximum atomic E-state index is 13.7. The molecule has 9 heteroatoms. The van der Waals surface area contributed by atoms with Crippen LogP contribution < -0.4 is 21.1 Å². The average molecular weight is 484 g/mol. The normalized spacial score (nSPS) is 26.5. The van der Waals surface area contributed by atoms with Crippen LogP contribution in [0.3, 0.4) is 0 Å². The SMILES string of the molecule is COc1cccc2[nH]c(C(=O)N3CC4(CCC4)CC3C(O)NC(N)CC3CC(C)(C)NC3=O)cc12. The van der Waals surface area contributed by atoms with Crippen LogP contribution in [-0.2, 0) is 4.79 Å². The van der Waals surface area contributed by atoms with Gasteiger partial charge in [0.25, 0.3) is 5.91 Å². The largest absolute Gasteiger partial charge is 0.496 e. The van der Waals surface area contributed by atoms with Crippen molar-refractivity contribution < 1.29 is 19.4 Å². The number of methoxy groups -OCH3 is 1. The van der Waals surface area contributed by atoms with Crippen LogP contribution in [0.25, 0.3) is 10.9 Å². The Morgan fingerprint density at radius 3 is 2.74 bits per heavy atom. The first-order valence-corrected chi connectivity index (χ1v) is 12.6. The Labute approximate surface area is 205 Å². The molecule has 2 aromatic rings. The summed E-state index contributed by atoms with van der Waals surface area (Å²) >= 11 is 0. The highest BCUT2D eigenvalue weighted by molar-refractivity contribution is 6.00. The highest BCUT2D eigenvalue weighted by Crippen LogP contribution is 2.51. The van der Waals surface area contributed by atoms with Crippen LogP contribution in [0, 0.1) is 11.3 Å². The number of fused-ring (bicyclic) bond motifs is 1. The van der Waals surface area contributed by atoms with E-state index in [4.69, 9.17) is 10.5 Å². The van der Waals surface area contributed by atoms with Crippen molar-refractivity contribution in [3.05, 3.63) is 30.0 Å². The number of ether oxygens (including phenoxy) is 1. The third kappa shape index (κ3) is 4.52. The molecule has 3 fully saturated rings. The first kappa shape index (κ1) is 24.1. The number of nitrogens with zero attached hydrogens (tertiary/aromatic N) is 1. The lowest BCUT2D eigenvalue weighted by molar-refractivity contribution is -0.123. The predicted molar refractivity (Wildman–Crippen MR) is 133 cm³/mol. The number of rotatable bonds is 7. The van der Waals surface area contributed by atoms with Crippen LogP contribution in [0.4, 0.5) is 0 Å². The van der Waals surface area contributed by atoms with Crippen molar-refractivity contribution in [3.8, 4) is 5.75 Å². The fraction of sp³-hybridized carbons (Fsp3) is 0.615. The number of H-pyrrole nitrogens is 1. The Morgan fingerprint density at radius 1 is 1.34 bits per heavy atom. The molecular formula is C26H37N5O4. The minimum Gasteiger partial charge on any atom is -0.496 e. The van der Waals surface area contributed by atoms with Crippen molar-refractivity contribution in [3.63, 3.8) is 0 Å². The molecule has 2 saturated heterocycles. The van der Waals surface area contributed by atoms with Crippen molar-refractivity contribution in [2.24, 2.45) is 17.1 Å². The zero-order chi connectivity index (χ0) is 25.0. The monoisotopic (exact) mass is 483 g/mol. The van der Waals surface area contributed by atoms with E-state index in [0.717, 1.165) is 36.6 Å². The number of nitrogens with two attached hydrogens (primary N) is 1. The number of aromatic nitrogens is 1. The molecule has 4 unspecified atom stereocenters. The molecule has 6 N–H and O–H groups in total. The standard InChI is InChI=1S/C26H37N5O4/c1-25(2)12-15(22(32)30-25)10-21(27)29-23(33)19-13-26(8-5-9-26)14-31(19)24(34)18-11-16-17(28-18)6-4-7-20(16)35-3/h4,6-7,11,15,19,21,23,28-29,33H,5,8-10,12-14,27H2,1-3H3,(H,30,32). The highest BCUT2D eigenvalue weighted by atomic mass is 16.5. The van der Waals surface area contributed by atoms with Crippen molar-refractivity contribution >= 4 is 22.7 Å². The summed E-state index contributed by atoms with van der Waals surface area (Å²) < 4.78 is 5.45. The maximum absolute atomic E-state index is 13.7. The first-order chi connectivity index (χ1) is 16.6. The van der Waals surface area contributed by atoms with Crippen LogP contribution in [0.15, 0.2) is 24.3 Å². The fourth-order valence-corrected chi connectivity index (χ4v) is 6.31. The number of aliphatic hydroxyl groups excluding tert-OH is 1. The number of carbonyl (C=O) groups excluding carboxylic acids is 2. The summed E-state index contributed by atoms with van der Waals surface area (Å²) in [6.45, 7) is 4.62. The number of hydrogen-bond acceptors (Lipinski definition) is 6. The summed E-state index contributed by atoms with van der Waals surface area (Å²) in [6.07, 6.45) is 3.60. The zero-order valence-corrected chi connectivity index (χ0v) is 20.8. The van der Waals surface area contributed by atoms with Gasteiger partial charge in [0.2, 0.25) is 5.91 Å². The average Bonchev–Trinajstić information content (AvgIpc) is 3.45. The number of aromatic amines is 1. The van der Waals surface area contributed by atoms with Gasteiger partial charge in [-0.1, -0.05) is 12.5 Å². The molecule has 9 nitrogen and oxygen atoms in total. The molecule has 5 rings (SSSR count). The second-order valence-electron chi connectivity index (χ2n) is 11.4. The number of nitrogens with one attached hydrogen (secondary N) is 3. The van der Waals surface area contributed by atoms with E-state index in [9.17, 15) is 14.7 Å². The van der Waals surface area contributed by atoms with E-state index in [0.29, 0.717) is 30.8 Å². The smallest absolute Gasteiger partial charge is 0.270 e. The first-order valence-electron chi connectivity index (χ1n) is 12.6. The lowest BCUT2D eigenvalue weighted by atomic mass is 9.67. The van der Waals surface area contributed by atoms with Crippen LogP contribution in [0.5, 0.6) is 5.75 Å². The number of benzene rings is 1. The van der Waals surface area contributed by atoms with Crippen molar-refractivity contribution in [1.29, 1.82) is 0 Å². The van der Waals surface area contributed by atoms with E-state index >= 15 is 0 Å². The van der Waals surface area contributed by atoms with Gasteiger partial charge in [-0.2, -0.15) is 0 Å². The fourth-order valence-electron chi connectivity index (χ4n) is 6.31. The molecule has 4 atom stereocenters. The minimum absolute atomic E-state index is 0.00192. The molecule has 3 heterocycles. The van der Waals surface area contributed by atoms with Crippen LogP contribution in [0.1, 0.15) is 62.9 Å². The number of amides is 2. The van der Waals surface area contributed by atoms with E-state index in [1.807, 2.05) is 38.1 Å². The molecule has 2 amide bonds. The summed E-state index contributed by atoms with van der Waals surface area (Å²) in [5.74, 6) is 0.379. The van der Waals surface area contributed by atoms with Gasteiger partial charge < -0.3 is 30.8 Å². The van der Waals surface area contributed by atoms with Gasteiger partial charge in [-0.25, -0.2) is 0 Å². The quantitative estimate of drug-likeness (QED) is 0.383. The van der Waals surface area contributed by atoms with Gasteiger partial charge in [0.1, 0.15) is 17.7 Å². The Bertz CT molecular complexity index is 1120. The Balaban J connectivity index is 1.31. The van der Waals surface area contributed by atoms with Gasteiger partial charge in [-0.3, -0.25) is 14.9 Å². The molecule has 1 spiro atoms. The number of likely N-dealkylation sites (tertiary alicyclic amines) is 1. The molecule has 1 saturated carbocycles. The number of hydrogen-bond donors (Lipinski definition) is 5. The van der Waals surface area contributed by atoms with Crippen LogP contribution >= 0.6 is 0 Å². The molecule has 0 bridgehead atoms. The topological polar surface area (TPSA) is 133 Å². The lowest BCUT2D eigenvalue weighted by Gasteiger charge is -2.37. The molecule has 2 aliphatic heterocycles. The summed E-state index contributed by atoms with van der Waals surface area (Å²) in [4.78, 5) is 31.0. The second kappa shape index (κ2) is 8.80. The molecule has 3 aliphatic rings. The van der Waals surface area contributed by atoms with E-state index in [2.05, 4.69) is 15.6 Å². The molecular weight excluding hydrogens is 446 g/mol. The summed E-state index contributed by atoms with van der Waals surface area (Å²) in [7, 11) is 1.61. The predicted octanol–water partition coefficient (Wildman–Crippen LogP) is 2.06. The van der Waals surface area contributed by atoms with Crippen LogP contribution in [0.2, 0.25) is 0 Å². The Morgan fingerprint density at radius 2 is 2.11 bits per heavy atom. The van der Waals surface area contributed by atoms with Gasteiger partial charge in [-0.15, -0.1) is 0 Å². The summed E-state index contributed by atoms with van der Waals surface area (Å²) in [6, 6.07) is 7.10. The van der Waals surface area contributed by atoms with Gasteiger partial charge in [0, 0.05) is 28.9 Å². The van der Waals surface area contributed by atoms with E-state index in [1.165, 1.54) is 0 Å². The van der Waals surface area contributed by atoms with Crippen molar-refractivity contribution in [2.75, 3.05) is 13.7 Å². The van der Waals surface area contributed by atoms with Gasteiger partial charge >= 0.3 is 0 Å². The van der Waals surface area contributed by atoms with E-state index in [1.54, 1.807) is 12.0 Å². The molecule has 0 radical (unpaired) electrons. The zero-order valence-electron chi connectivity index (χ0n) is 20.8. The Hall–Kier alpha value is -2.62. The minimum atomic E-state index is -0.981. The second-order valence-corrected chi connectivity index (χ2v) is 11.4. The summed E-state index contributed by atoms with van der Waals surface area (Å²) in [5.41, 5.74) is 7.46. The van der Waals surface area contributed by atoms with Gasteiger partial charge in [-0.05, 0) is 69.6 Å². The summed E-state index contributed by atoms with van der Waals surface area (Å²) in [5, 5.41) is 18.1. The maximum Gasteiger partial charge on any atom is 0.270 e. The number of carbonyl (C=O) groups is 2. The third-order valence-corrected chi connectivity index (χ3v) is 8.17. The van der Waals surface area contributed by atoms with Gasteiger partial charge in [0.15, 0.2) is 0 Å². The van der Waals surface area contributed by atoms with Crippen molar-refractivity contribution in [1.82, 2.24) is 20.5 Å². The third-order valence-electron chi connectivity index (χ3n) is 8.17. The molecule has 35 heavy (non-hydrogen) atoms.